The Morgan fingerprint density at radius 3 is 2.46 bits per heavy atom. The number of hydrogen-bond donors (Lipinski definition) is 0. The van der Waals surface area contributed by atoms with E-state index in [2.05, 4.69) is 36.4 Å². The molecule has 0 spiro atoms. The fourth-order valence-corrected chi connectivity index (χ4v) is 3.12. The van der Waals surface area contributed by atoms with E-state index in [4.69, 9.17) is 0 Å². The molecule has 2 rings (SSSR count). The quantitative estimate of drug-likeness (QED) is 0.342. The second-order valence-electron chi connectivity index (χ2n) is 6.61. The Balaban J connectivity index is 1.47. The van der Waals surface area contributed by atoms with Gasteiger partial charge in [0.25, 0.3) is 0 Å². The maximum atomic E-state index is 11.9. The van der Waals surface area contributed by atoms with Gasteiger partial charge in [-0.25, -0.2) is 0 Å². The van der Waals surface area contributed by atoms with Gasteiger partial charge < -0.3 is 4.90 Å². The van der Waals surface area contributed by atoms with E-state index in [1.807, 2.05) is 17.1 Å². The monoisotopic (exact) mass is 325 g/mol. The molecule has 0 aromatic heterocycles. The van der Waals surface area contributed by atoms with Crippen molar-refractivity contribution >= 4 is 5.91 Å². The zero-order chi connectivity index (χ0) is 16.9. The predicted octanol–water partition coefficient (Wildman–Crippen LogP) is 5.30. The fourth-order valence-electron chi connectivity index (χ4n) is 3.12. The molecule has 0 aliphatic carbocycles. The van der Waals surface area contributed by atoms with Crippen molar-refractivity contribution in [3.63, 3.8) is 0 Å². The summed E-state index contributed by atoms with van der Waals surface area (Å²) in [6.07, 6.45) is 18.8. The van der Waals surface area contributed by atoms with Crippen LogP contribution in [-0.2, 0) is 11.2 Å². The minimum Gasteiger partial charge on any atom is -0.339 e. The first-order chi connectivity index (χ1) is 11.9. The van der Waals surface area contributed by atoms with Gasteiger partial charge in [0.15, 0.2) is 0 Å². The maximum absolute atomic E-state index is 11.9. The molecule has 1 aliphatic heterocycles. The highest BCUT2D eigenvalue weighted by atomic mass is 16.2. The van der Waals surface area contributed by atoms with Gasteiger partial charge in [-0.1, -0.05) is 61.4 Å². The minimum absolute atomic E-state index is 0.167. The highest BCUT2D eigenvalue weighted by Crippen LogP contribution is 2.10. The lowest BCUT2D eigenvalue weighted by atomic mass is 10.1. The number of likely N-dealkylation sites (tertiary alicyclic amines) is 1. The van der Waals surface area contributed by atoms with Crippen LogP contribution in [0.3, 0.4) is 0 Å². The van der Waals surface area contributed by atoms with Crippen molar-refractivity contribution in [1.29, 1.82) is 0 Å². The van der Waals surface area contributed by atoms with Crippen LogP contribution in [0.4, 0.5) is 0 Å². The third-order valence-electron chi connectivity index (χ3n) is 4.58. The molecule has 1 heterocycles. The molecule has 0 unspecified atom stereocenters. The van der Waals surface area contributed by atoms with Crippen molar-refractivity contribution in [3.8, 4) is 0 Å². The van der Waals surface area contributed by atoms with Crippen LogP contribution in [0.25, 0.3) is 0 Å². The standard InChI is InChI=1S/C22H31NO/c24-22(23-19-13-8-14-20-23)18-12-6-4-2-1-3-5-9-15-21-16-10-7-11-17-21/h4,6-7,10-12,16-18H,1-3,5,8-9,13-15,19-20H2. The van der Waals surface area contributed by atoms with Crippen LogP contribution in [-0.4, -0.2) is 23.9 Å². The van der Waals surface area contributed by atoms with Gasteiger partial charge in [-0.3, -0.25) is 4.79 Å². The van der Waals surface area contributed by atoms with E-state index >= 15 is 0 Å². The number of nitrogens with zero attached hydrogens (tertiary/aromatic N) is 1. The van der Waals surface area contributed by atoms with Crippen LogP contribution in [0, 0.1) is 0 Å². The lowest BCUT2D eigenvalue weighted by Crippen LogP contribution is -2.34. The first-order valence-corrected chi connectivity index (χ1v) is 9.52. The van der Waals surface area contributed by atoms with E-state index in [0.29, 0.717) is 0 Å². The molecule has 24 heavy (non-hydrogen) atoms. The number of amides is 1. The van der Waals surface area contributed by atoms with E-state index in [9.17, 15) is 4.79 Å². The average Bonchev–Trinajstić information content (AvgIpc) is 2.64. The smallest absolute Gasteiger partial charge is 0.246 e. The summed E-state index contributed by atoms with van der Waals surface area (Å²) in [7, 11) is 0. The largest absolute Gasteiger partial charge is 0.339 e. The molecule has 1 saturated heterocycles. The van der Waals surface area contributed by atoms with Crippen molar-refractivity contribution in [3.05, 3.63) is 60.2 Å². The first-order valence-electron chi connectivity index (χ1n) is 9.52. The van der Waals surface area contributed by atoms with Gasteiger partial charge >= 0.3 is 0 Å². The van der Waals surface area contributed by atoms with E-state index < -0.39 is 0 Å². The molecule has 0 N–H and O–H groups in total. The Labute approximate surface area is 147 Å². The molecular weight excluding hydrogens is 294 g/mol. The Bertz CT molecular complexity index is 512. The second-order valence-corrected chi connectivity index (χ2v) is 6.61. The van der Waals surface area contributed by atoms with Crippen LogP contribution < -0.4 is 0 Å². The highest BCUT2D eigenvalue weighted by Gasteiger charge is 2.12. The first kappa shape index (κ1) is 18.5. The van der Waals surface area contributed by atoms with Gasteiger partial charge in [-0.15, -0.1) is 0 Å². The molecule has 1 aromatic carbocycles. The number of rotatable bonds is 9. The van der Waals surface area contributed by atoms with Crippen LogP contribution in [0.1, 0.15) is 56.9 Å². The lowest BCUT2D eigenvalue weighted by molar-refractivity contribution is -0.126. The number of piperidine rings is 1. The highest BCUT2D eigenvalue weighted by molar-refractivity contribution is 5.87. The fraction of sp³-hybridized carbons (Fsp3) is 0.500. The summed E-state index contributed by atoms with van der Waals surface area (Å²) in [5, 5.41) is 0. The van der Waals surface area contributed by atoms with Crippen molar-refractivity contribution < 1.29 is 4.79 Å². The molecule has 0 saturated carbocycles. The maximum Gasteiger partial charge on any atom is 0.246 e. The third kappa shape index (κ3) is 7.63. The lowest BCUT2D eigenvalue weighted by Gasteiger charge is -2.25. The molecule has 2 nitrogen and oxygen atoms in total. The molecule has 1 amide bonds. The van der Waals surface area contributed by atoms with Gasteiger partial charge in [0.2, 0.25) is 5.91 Å². The van der Waals surface area contributed by atoms with Crippen molar-refractivity contribution in [2.75, 3.05) is 13.1 Å². The molecule has 0 radical (unpaired) electrons. The summed E-state index contributed by atoms with van der Waals surface area (Å²) in [5.74, 6) is 0.167. The number of unbranched alkanes of at least 4 members (excludes halogenated alkanes) is 4. The number of hydrogen-bond acceptors (Lipinski definition) is 1. The number of benzene rings is 1. The average molecular weight is 325 g/mol. The molecule has 0 atom stereocenters. The molecule has 0 bridgehead atoms. The second kappa shape index (κ2) is 11.7. The van der Waals surface area contributed by atoms with Gasteiger partial charge in [0.1, 0.15) is 0 Å². The Hall–Kier alpha value is -1.83. The normalized spacial score (nSPS) is 15.4. The summed E-state index contributed by atoms with van der Waals surface area (Å²) in [5.41, 5.74) is 1.45. The molecule has 2 heteroatoms. The van der Waals surface area contributed by atoms with E-state index in [1.165, 1.54) is 44.1 Å². The van der Waals surface area contributed by atoms with Crippen LogP contribution in [0.2, 0.25) is 0 Å². The number of carbonyl (C=O) groups is 1. The summed E-state index contributed by atoms with van der Waals surface area (Å²) in [6, 6.07) is 10.7. The summed E-state index contributed by atoms with van der Waals surface area (Å²) in [6.45, 7) is 1.85. The molecular formula is C22H31NO. The Kier molecular flexibility index (Phi) is 9.00. The predicted molar refractivity (Wildman–Crippen MR) is 102 cm³/mol. The van der Waals surface area contributed by atoms with Gasteiger partial charge in [0.05, 0.1) is 0 Å². The Morgan fingerprint density at radius 2 is 1.67 bits per heavy atom. The van der Waals surface area contributed by atoms with Crippen molar-refractivity contribution in [2.24, 2.45) is 0 Å². The minimum atomic E-state index is 0.167. The summed E-state index contributed by atoms with van der Waals surface area (Å²) < 4.78 is 0. The summed E-state index contributed by atoms with van der Waals surface area (Å²) >= 11 is 0. The zero-order valence-corrected chi connectivity index (χ0v) is 14.8. The molecule has 1 aliphatic rings. The molecule has 1 fully saturated rings. The van der Waals surface area contributed by atoms with Crippen LogP contribution >= 0.6 is 0 Å². The van der Waals surface area contributed by atoms with Gasteiger partial charge in [0, 0.05) is 19.2 Å². The SMILES string of the molecule is O=C(C=CC=CCCCCCCc1ccccc1)N1CCCCC1. The molecule has 130 valence electrons. The van der Waals surface area contributed by atoms with Gasteiger partial charge in [-0.05, 0) is 50.5 Å². The van der Waals surface area contributed by atoms with Crippen LogP contribution in [0.5, 0.6) is 0 Å². The topological polar surface area (TPSA) is 20.3 Å². The van der Waals surface area contributed by atoms with Crippen molar-refractivity contribution in [2.45, 2.75) is 57.8 Å². The molecule has 1 aromatic rings. The van der Waals surface area contributed by atoms with Crippen molar-refractivity contribution in [1.82, 2.24) is 4.90 Å². The zero-order valence-electron chi connectivity index (χ0n) is 14.8. The third-order valence-corrected chi connectivity index (χ3v) is 4.58. The van der Waals surface area contributed by atoms with E-state index in [-0.39, 0.29) is 5.91 Å². The number of allylic oxidation sites excluding steroid dienone is 3. The summed E-state index contributed by atoms with van der Waals surface area (Å²) in [4.78, 5) is 13.9. The van der Waals surface area contributed by atoms with Gasteiger partial charge in [-0.2, -0.15) is 0 Å². The van der Waals surface area contributed by atoms with E-state index in [1.54, 1.807) is 6.08 Å². The number of aryl methyl sites for hydroxylation is 1. The van der Waals surface area contributed by atoms with E-state index in [0.717, 1.165) is 32.4 Å². The Morgan fingerprint density at radius 1 is 0.917 bits per heavy atom. The number of carbonyl (C=O) groups excluding carboxylic acids is 1. The van der Waals surface area contributed by atoms with Crippen LogP contribution in [0.15, 0.2) is 54.6 Å².